The number of halogens is 1. The molecule has 1 saturated carbocycles. The number of piperidine rings is 1. The lowest BCUT2D eigenvalue weighted by Crippen LogP contribution is -2.41. The maximum absolute atomic E-state index is 14.5. The highest BCUT2D eigenvalue weighted by atomic mass is 19.1. The van der Waals surface area contributed by atoms with Crippen LogP contribution in [0, 0.1) is 23.6 Å². The number of carbonyl (C=O) groups is 1. The summed E-state index contributed by atoms with van der Waals surface area (Å²) >= 11 is 0. The highest BCUT2D eigenvalue weighted by molar-refractivity contribution is 5.79. The van der Waals surface area contributed by atoms with Crippen LogP contribution in [0.25, 0.3) is 0 Å². The summed E-state index contributed by atoms with van der Waals surface area (Å²) in [7, 11) is 2.12. The zero-order valence-electron chi connectivity index (χ0n) is 18.6. The summed E-state index contributed by atoms with van der Waals surface area (Å²) in [4.78, 5) is 22.7. The summed E-state index contributed by atoms with van der Waals surface area (Å²) in [5.74, 6) is -0.0136. The number of carbonyl (C=O) groups excluding carboxylic acids is 1. The average molecular weight is 453 g/mol. The van der Waals surface area contributed by atoms with Gasteiger partial charge in [0, 0.05) is 30.9 Å². The molecule has 9 heteroatoms. The second-order valence-corrected chi connectivity index (χ2v) is 9.21. The van der Waals surface area contributed by atoms with Crippen molar-refractivity contribution in [1.29, 1.82) is 0 Å². The van der Waals surface area contributed by atoms with Gasteiger partial charge in [0.05, 0.1) is 12.1 Å². The quantitative estimate of drug-likeness (QED) is 0.555. The summed E-state index contributed by atoms with van der Waals surface area (Å²) in [5, 5.41) is 6.25. The molecule has 4 N–H and O–H groups in total. The van der Waals surface area contributed by atoms with Gasteiger partial charge < -0.3 is 26.0 Å². The van der Waals surface area contributed by atoms with E-state index in [9.17, 15) is 9.18 Å². The number of anilines is 3. The van der Waals surface area contributed by atoms with Crippen molar-refractivity contribution < 1.29 is 13.9 Å². The monoisotopic (exact) mass is 452 g/mol. The number of nitrogens with zero attached hydrogens (tertiary/aromatic N) is 3. The predicted octanol–water partition coefficient (Wildman–Crippen LogP) is 2.92. The van der Waals surface area contributed by atoms with E-state index in [1.54, 1.807) is 0 Å². The molecule has 4 atom stereocenters. The van der Waals surface area contributed by atoms with Crippen molar-refractivity contribution in [3.63, 3.8) is 0 Å². The van der Waals surface area contributed by atoms with Crippen LogP contribution in [0.1, 0.15) is 19.3 Å². The maximum Gasteiger partial charge on any atom is 0.229 e. The van der Waals surface area contributed by atoms with Gasteiger partial charge in [0.15, 0.2) is 11.6 Å². The number of rotatable bonds is 7. The van der Waals surface area contributed by atoms with E-state index in [1.165, 1.54) is 0 Å². The van der Waals surface area contributed by atoms with Gasteiger partial charge >= 0.3 is 0 Å². The molecule has 1 aromatic heterocycles. The summed E-state index contributed by atoms with van der Waals surface area (Å²) in [6.07, 6.45) is 8.25. The van der Waals surface area contributed by atoms with Gasteiger partial charge in [-0.3, -0.25) is 4.79 Å². The number of ether oxygens (including phenoxy) is 1. The Kier molecular flexibility index (Phi) is 5.88. The first kappa shape index (κ1) is 21.6. The molecule has 5 rings (SSSR count). The van der Waals surface area contributed by atoms with Gasteiger partial charge in [0.25, 0.3) is 0 Å². The molecule has 2 fully saturated rings. The van der Waals surface area contributed by atoms with Crippen molar-refractivity contribution in [2.24, 2.45) is 23.5 Å². The smallest absolute Gasteiger partial charge is 0.229 e. The molecule has 2 aliphatic carbocycles. The minimum atomic E-state index is -0.574. The Morgan fingerprint density at radius 1 is 1.24 bits per heavy atom. The number of aromatic nitrogens is 2. The second kappa shape index (κ2) is 8.97. The normalized spacial score (nSPS) is 27.0. The highest BCUT2D eigenvalue weighted by Gasteiger charge is 2.47. The number of allylic oxidation sites excluding steroid dienone is 1. The van der Waals surface area contributed by atoms with E-state index in [-0.39, 0.29) is 47.6 Å². The maximum atomic E-state index is 14.5. The fourth-order valence-electron chi connectivity index (χ4n) is 5.16. The summed E-state index contributed by atoms with van der Waals surface area (Å²) in [6.45, 7) is 2.05. The predicted molar refractivity (Wildman–Crippen MR) is 124 cm³/mol. The Morgan fingerprint density at radius 2 is 2.03 bits per heavy atom. The number of hydrogen-bond donors (Lipinski definition) is 3. The van der Waals surface area contributed by atoms with Crippen LogP contribution in [-0.4, -0.2) is 53.1 Å². The average Bonchev–Trinajstić information content (AvgIpc) is 3.40. The molecule has 2 aromatic rings. The van der Waals surface area contributed by atoms with Gasteiger partial charge in [-0.2, -0.15) is 4.98 Å². The molecule has 0 spiro atoms. The number of nitrogens with one attached hydrogen (secondary N) is 2. The Morgan fingerprint density at radius 3 is 2.82 bits per heavy atom. The number of likely N-dealkylation sites (tertiary alicyclic amines) is 1. The molecule has 1 amide bonds. The van der Waals surface area contributed by atoms with E-state index in [4.69, 9.17) is 10.5 Å². The fourth-order valence-corrected chi connectivity index (χ4v) is 5.16. The third-order valence-electron chi connectivity index (χ3n) is 6.89. The Balaban J connectivity index is 1.28. The molecule has 2 bridgehead atoms. The molecular weight excluding hydrogens is 423 g/mol. The minimum Gasteiger partial charge on any atom is -0.490 e. The molecule has 0 radical (unpaired) electrons. The summed E-state index contributed by atoms with van der Waals surface area (Å²) in [5.41, 5.74) is 6.37. The van der Waals surface area contributed by atoms with Crippen LogP contribution in [0.2, 0.25) is 0 Å². The Bertz CT molecular complexity index is 1060. The van der Waals surface area contributed by atoms with E-state index in [0.29, 0.717) is 0 Å². The number of fused-ring (bicyclic) bond motifs is 2. The fraction of sp³-hybridized carbons (Fsp3) is 0.458. The number of primary amides is 1. The van der Waals surface area contributed by atoms with Gasteiger partial charge in [-0.25, -0.2) is 9.37 Å². The number of benzene rings is 1. The van der Waals surface area contributed by atoms with Crippen LogP contribution in [0.5, 0.6) is 5.75 Å². The zero-order chi connectivity index (χ0) is 22.9. The SMILES string of the molecule is CN1CCC(Oc2cccc(Nc3ncc(F)c(N[C@@H]4[C@H]5C=CC(C5)[C@@H]4C(N)=O)n3)c2)CC1. The van der Waals surface area contributed by atoms with Gasteiger partial charge in [0.2, 0.25) is 11.9 Å². The van der Waals surface area contributed by atoms with Crippen molar-refractivity contribution in [1.82, 2.24) is 14.9 Å². The number of amides is 1. The largest absolute Gasteiger partial charge is 0.490 e. The highest BCUT2D eigenvalue weighted by Crippen LogP contribution is 2.44. The molecule has 1 saturated heterocycles. The van der Waals surface area contributed by atoms with Crippen molar-refractivity contribution in [2.75, 3.05) is 30.8 Å². The van der Waals surface area contributed by atoms with Crippen molar-refractivity contribution >= 4 is 23.4 Å². The van der Waals surface area contributed by atoms with Gasteiger partial charge in [0.1, 0.15) is 11.9 Å². The summed E-state index contributed by atoms with van der Waals surface area (Å²) < 4.78 is 20.7. The van der Waals surface area contributed by atoms with Crippen molar-refractivity contribution in [3.05, 3.63) is 48.4 Å². The standard InChI is InChI=1S/C24H29FN6O2/c1-31-9-7-17(8-10-31)33-18-4-2-3-16(12-18)28-24-27-13-19(25)23(30-24)29-21-15-6-5-14(11-15)20(21)22(26)32/h2-6,12-15,17,20-21H,7-11H2,1H3,(H2,26,32)(H2,27,28,29,30)/t14?,15-,20-,21+/m0/s1. The molecule has 33 heavy (non-hydrogen) atoms. The molecule has 3 aliphatic rings. The lowest BCUT2D eigenvalue weighted by atomic mass is 9.88. The van der Waals surface area contributed by atoms with Crippen LogP contribution in [0.15, 0.2) is 42.6 Å². The third kappa shape index (κ3) is 4.64. The molecule has 1 aliphatic heterocycles. The zero-order valence-corrected chi connectivity index (χ0v) is 18.6. The van der Waals surface area contributed by atoms with Crippen molar-refractivity contribution in [2.45, 2.75) is 31.4 Å². The van der Waals surface area contributed by atoms with Crippen LogP contribution in [-0.2, 0) is 4.79 Å². The molecule has 8 nitrogen and oxygen atoms in total. The van der Waals surface area contributed by atoms with Crippen LogP contribution in [0.4, 0.5) is 21.8 Å². The lowest BCUT2D eigenvalue weighted by molar-refractivity contribution is -0.122. The van der Waals surface area contributed by atoms with E-state index >= 15 is 0 Å². The molecule has 2 heterocycles. The number of hydrogen-bond acceptors (Lipinski definition) is 7. The first-order valence-electron chi connectivity index (χ1n) is 11.5. The first-order chi connectivity index (χ1) is 16.0. The topological polar surface area (TPSA) is 105 Å². The Hall–Kier alpha value is -3.20. The molecule has 174 valence electrons. The number of nitrogens with two attached hydrogens (primary N) is 1. The Labute approximate surface area is 192 Å². The second-order valence-electron chi connectivity index (χ2n) is 9.21. The van der Waals surface area contributed by atoms with E-state index in [0.717, 1.165) is 50.0 Å². The van der Waals surface area contributed by atoms with Gasteiger partial charge in [-0.15, -0.1) is 0 Å². The van der Waals surface area contributed by atoms with Crippen molar-refractivity contribution in [3.8, 4) is 5.75 Å². The molecule has 1 aromatic carbocycles. The van der Waals surface area contributed by atoms with Crippen LogP contribution >= 0.6 is 0 Å². The minimum absolute atomic E-state index is 0.0587. The van der Waals surface area contributed by atoms with E-state index in [1.807, 2.05) is 30.3 Å². The summed E-state index contributed by atoms with van der Waals surface area (Å²) in [6, 6.07) is 7.32. The van der Waals surface area contributed by atoms with Gasteiger partial charge in [-0.05, 0) is 50.3 Å². The van der Waals surface area contributed by atoms with Crippen LogP contribution < -0.4 is 21.1 Å². The first-order valence-corrected chi connectivity index (χ1v) is 11.5. The molecular formula is C24H29FN6O2. The third-order valence-corrected chi connectivity index (χ3v) is 6.89. The van der Waals surface area contributed by atoms with E-state index in [2.05, 4.69) is 38.6 Å². The lowest BCUT2D eigenvalue weighted by Gasteiger charge is -2.29. The van der Waals surface area contributed by atoms with E-state index < -0.39 is 5.82 Å². The van der Waals surface area contributed by atoms with Gasteiger partial charge in [-0.1, -0.05) is 18.2 Å². The molecule has 1 unspecified atom stereocenters. The van der Waals surface area contributed by atoms with Crippen LogP contribution in [0.3, 0.4) is 0 Å².